The monoisotopic (exact) mass is 194 g/mol. The summed E-state index contributed by atoms with van der Waals surface area (Å²) < 4.78 is 13.3. The first-order valence-corrected chi connectivity index (χ1v) is 4.97. The number of aryl methyl sites for hydroxylation is 1. The van der Waals surface area contributed by atoms with E-state index in [2.05, 4.69) is 17.6 Å². The third kappa shape index (κ3) is 1.67. The molecule has 3 heteroatoms. The second kappa shape index (κ2) is 3.48. The predicted octanol–water partition coefficient (Wildman–Crippen LogP) is 2.75. The summed E-state index contributed by atoms with van der Waals surface area (Å²) in [5.74, 6) is -0.146. The molecule has 0 aliphatic carbocycles. The van der Waals surface area contributed by atoms with Crippen LogP contribution in [-0.2, 0) is 0 Å². The fourth-order valence-corrected chi connectivity index (χ4v) is 1.71. The molecule has 2 N–H and O–H groups in total. The van der Waals surface area contributed by atoms with Gasteiger partial charge in [0.1, 0.15) is 5.82 Å². The predicted molar refractivity (Wildman–Crippen MR) is 57.3 cm³/mol. The summed E-state index contributed by atoms with van der Waals surface area (Å²) in [6.45, 7) is 4.81. The van der Waals surface area contributed by atoms with Gasteiger partial charge in [0.05, 0.1) is 11.4 Å². The zero-order chi connectivity index (χ0) is 10.1. The van der Waals surface area contributed by atoms with E-state index in [0.29, 0.717) is 11.6 Å². The summed E-state index contributed by atoms with van der Waals surface area (Å²) in [5.41, 5.74) is 2.57. The first-order chi connectivity index (χ1) is 6.66. The van der Waals surface area contributed by atoms with E-state index in [9.17, 15) is 4.39 Å². The average Bonchev–Trinajstić information content (AvgIpc) is 2.28. The van der Waals surface area contributed by atoms with Crippen LogP contribution in [0, 0.1) is 12.7 Å². The highest BCUT2D eigenvalue weighted by molar-refractivity contribution is 5.71. The summed E-state index contributed by atoms with van der Waals surface area (Å²) in [4.78, 5) is 0. The minimum atomic E-state index is -0.146. The molecule has 14 heavy (non-hydrogen) atoms. The summed E-state index contributed by atoms with van der Waals surface area (Å²) in [6.07, 6.45) is 1.05. The molecular formula is C11H15FN2. The molecule has 0 amide bonds. The SMILES string of the molecule is Cc1cc2c(cc1F)NCCC(C)N2. The number of benzene rings is 1. The Hall–Kier alpha value is -1.25. The summed E-state index contributed by atoms with van der Waals surface area (Å²) in [7, 11) is 0. The van der Waals surface area contributed by atoms with E-state index in [1.54, 1.807) is 13.0 Å². The van der Waals surface area contributed by atoms with Gasteiger partial charge in [-0.2, -0.15) is 0 Å². The molecule has 1 atom stereocenters. The van der Waals surface area contributed by atoms with Crippen LogP contribution in [-0.4, -0.2) is 12.6 Å². The second-order valence-corrected chi connectivity index (χ2v) is 3.91. The molecule has 0 aromatic heterocycles. The molecule has 1 unspecified atom stereocenters. The molecule has 0 fully saturated rings. The van der Waals surface area contributed by atoms with Crippen molar-refractivity contribution in [1.82, 2.24) is 0 Å². The Kier molecular flexibility index (Phi) is 2.32. The largest absolute Gasteiger partial charge is 0.383 e. The van der Waals surface area contributed by atoms with Crippen LogP contribution in [0.1, 0.15) is 18.9 Å². The minimum Gasteiger partial charge on any atom is -0.383 e. The van der Waals surface area contributed by atoms with E-state index in [4.69, 9.17) is 0 Å². The molecule has 2 rings (SSSR count). The lowest BCUT2D eigenvalue weighted by Gasteiger charge is -2.13. The normalized spacial score (nSPS) is 20.4. The molecule has 0 saturated carbocycles. The van der Waals surface area contributed by atoms with Gasteiger partial charge in [-0.1, -0.05) is 0 Å². The smallest absolute Gasteiger partial charge is 0.128 e. The summed E-state index contributed by atoms with van der Waals surface area (Å²) in [6, 6.07) is 3.86. The fraction of sp³-hybridized carbons (Fsp3) is 0.455. The lowest BCUT2D eigenvalue weighted by atomic mass is 10.1. The van der Waals surface area contributed by atoms with Crippen LogP contribution in [0.4, 0.5) is 15.8 Å². The number of rotatable bonds is 0. The highest BCUT2D eigenvalue weighted by Gasteiger charge is 2.13. The van der Waals surface area contributed by atoms with Gasteiger partial charge in [-0.15, -0.1) is 0 Å². The van der Waals surface area contributed by atoms with Crippen LogP contribution in [0.3, 0.4) is 0 Å². The molecule has 1 heterocycles. The van der Waals surface area contributed by atoms with Gasteiger partial charge in [0, 0.05) is 12.6 Å². The number of hydrogen-bond acceptors (Lipinski definition) is 2. The van der Waals surface area contributed by atoms with Gasteiger partial charge in [0.2, 0.25) is 0 Å². The summed E-state index contributed by atoms with van der Waals surface area (Å²) in [5, 5.41) is 6.58. The van der Waals surface area contributed by atoms with Crippen molar-refractivity contribution in [2.75, 3.05) is 17.2 Å². The van der Waals surface area contributed by atoms with Crippen molar-refractivity contribution in [2.24, 2.45) is 0 Å². The summed E-state index contributed by atoms with van der Waals surface area (Å²) >= 11 is 0. The maximum atomic E-state index is 13.3. The van der Waals surface area contributed by atoms with E-state index in [-0.39, 0.29) is 5.82 Å². The van der Waals surface area contributed by atoms with Crippen LogP contribution in [0.5, 0.6) is 0 Å². The maximum absolute atomic E-state index is 13.3. The van der Waals surface area contributed by atoms with Crippen molar-refractivity contribution in [3.8, 4) is 0 Å². The third-order valence-electron chi connectivity index (χ3n) is 2.59. The van der Waals surface area contributed by atoms with E-state index in [1.807, 2.05) is 6.07 Å². The van der Waals surface area contributed by atoms with E-state index in [1.165, 1.54) is 0 Å². The highest BCUT2D eigenvalue weighted by atomic mass is 19.1. The zero-order valence-corrected chi connectivity index (χ0v) is 8.52. The molecule has 0 saturated heterocycles. The van der Waals surface area contributed by atoms with Crippen LogP contribution < -0.4 is 10.6 Å². The van der Waals surface area contributed by atoms with Gasteiger partial charge >= 0.3 is 0 Å². The number of fused-ring (bicyclic) bond motifs is 1. The van der Waals surface area contributed by atoms with Crippen LogP contribution in [0.2, 0.25) is 0 Å². The number of halogens is 1. The van der Waals surface area contributed by atoms with Crippen LogP contribution in [0.25, 0.3) is 0 Å². The van der Waals surface area contributed by atoms with Crippen LogP contribution >= 0.6 is 0 Å². The Bertz CT molecular complexity index is 349. The third-order valence-corrected chi connectivity index (χ3v) is 2.59. The molecule has 1 aliphatic heterocycles. The zero-order valence-electron chi connectivity index (χ0n) is 8.52. The average molecular weight is 194 g/mol. The first-order valence-electron chi connectivity index (χ1n) is 4.97. The van der Waals surface area contributed by atoms with Gasteiger partial charge in [0.15, 0.2) is 0 Å². The Balaban J connectivity index is 2.41. The topological polar surface area (TPSA) is 24.1 Å². The van der Waals surface area contributed by atoms with Gasteiger partial charge in [-0.05, 0) is 38.0 Å². The second-order valence-electron chi connectivity index (χ2n) is 3.91. The molecule has 0 bridgehead atoms. The van der Waals surface area contributed by atoms with Crippen molar-refractivity contribution < 1.29 is 4.39 Å². The van der Waals surface area contributed by atoms with Crippen molar-refractivity contribution in [2.45, 2.75) is 26.3 Å². The van der Waals surface area contributed by atoms with Gasteiger partial charge in [-0.25, -0.2) is 4.39 Å². The number of anilines is 2. The van der Waals surface area contributed by atoms with E-state index < -0.39 is 0 Å². The van der Waals surface area contributed by atoms with Crippen molar-refractivity contribution in [1.29, 1.82) is 0 Å². The fourth-order valence-electron chi connectivity index (χ4n) is 1.71. The van der Waals surface area contributed by atoms with E-state index in [0.717, 1.165) is 24.3 Å². The molecule has 2 nitrogen and oxygen atoms in total. The number of hydrogen-bond donors (Lipinski definition) is 2. The van der Waals surface area contributed by atoms with Gasteiger partial charge < -0.3 is 10.6 Å². The van der Waals surface area contributed by atoms with Crippen molar-refractivity contribution in [3.63, 3.8) is 0 Å². The lowest BCUT2D eigenvalue weighted by molar-refractivity contribution is 0.619. The molecule has 0 radical (unpaired) electrons. The molecule has 1 aromatic rings. The molecule has 76 valence electrons. The Morgan fingerprint density at radius 3 is 2.93 bits per heavy atom. The maximum Gasteiger partial charge on any atom is 0.128 e. The standard InChI is InChI=1S/C11H15FN2/c1-7-5-11-10(6-9(7)12)13-4-3-8(2)14-11/h5-6,8,13-14H,3-4H2,1-2H3. The highest BCUT2D eigenvalue weighted by Crippen LogP contribution is 2.28. The molecule has 0 spiro atoms. The molecular weight excluding hydrogens is 179 g/mol. The van der Waals surface area contributed by atoms with Gasteiger partial charge in [-0.3, -0.25) is 0 Å². The Morgan fingerprint density at radius 1 is 1.36 bits per heavy atom. The molecule has 1 aliphatic rings. The van der Waals surface area contributed by atoms with Crippen LogP contribution in [0.15, 0.2) is 12.1 Å². The lowest BCUT2D eigenvalue weighted by Crippen LogP contribution is -2.14. The molecule has 1 aromatic carbocycles. The van der Waals surface area contributed by atoms with Crippen molar-refractivity contribution in [3.05, 3.63) is 23.5 Å². The van der Waals surface area contributed by atoms with Gasteiger partial charge in [0.25, 0.3) is 0 Å². The Morgan fingerprint density at radius 2 is 2.14 bits per heavy atom. The minimum absolute atomic E-state index is 0.146. The van der Waals surface area contributed by atoms with E-state index >= 15 is 0 Å². The number of nitrogens with one attached hydrogen (secondary N) is 2. The van der Waals surface area contributed by atoms with Crippen molar-refractivity contribution >= 4 is 11.4 Å². The quantitative estimate of drug-likeness (QED) is 0.663. The first kappa shape index (κ1) is 9.31. The Labute approximate surface area is 83.5 Å².